The first-order chi connectivity index (χ1) is 17.8. The summed E-state index contributed by atoms with van der Waals surface area (Å²) < 4.78 is 1.70. The zero-order chi connectivity index (χ0) is 26.4. The zero-order valence-corrected chi connectivity index (χ0v) is 21.9. The Morgan fingerprint density at radius 2 is 1.73 bits per heavy atom. The fourth-order valence-electron chi connectivity index (χ4n) is 4.63. The molecule has 0 spiro atoms. The van der Waals surface area contributed by atoms with Crippen molar-refractivity contribution in [3.8, 4) is 17.8 Å². The van der Waals surface area contributed by atoms with Gasteiger partial charge in [0.1, 0.15) is 0 Å². The van der Waals surface area contributed by atoms with Crippen molar-refractivity contribution in [2.24, 2.45) is 5.41 Å². The average molecular weight is 509 g/mol. The maximum absolute atomic E-state index is 10.1. The van der Waals surface area contributed by atoms with Crippen molar-refractivity contribution in [3.63, 3.8) is 0 Å². The van der Waals surface area contributed by atoms with Crippen LogP contribution in [-0.4, -0.2) is 21.0 Å². The van der Waals surface area contributed by atoms with Gasteiger partial charge in [0.15, 0.2) is 0 Å². The lowest BCUT2D eigenvalue weighted by atomic mass is 9.79. The molecule has 0 aliphatic heterocycles. The summed E-state index contributed by atoms with van der Waals surface area (Å²) in [4.78, 5) is 0. The third-order valence-electron chi connectivity index (χ3n) is 6.77. The largest absolute Gasteiger partial charge is 0.305 e. The van der Waals surface area contributed by atoms with E-state index >= 15 is 0 Å². The molecule has 3 atom stereocenters. The second-order valence-electron chi connectivity index (χ2n) is 9.84. The first-order valence-corrected chi connectivity index (χ1v) is 12.6. The highest BCUT2D eigenvalue weighted by atomic mass is 35.5. The molecular weight excluding hydrogens is 480 g/mol. The molecule has 2 unspecified atom stereocenters. The number of nitrogens with zero attached hydrogens (tertiary/aromatic N) is 5. The van der Waals surface area contributed by atoms with Crippen molar-refractivity contribution in [3.05, 3.63) is 112 Å². The molecule has 186 valence electrons. The smallest absolute Gasteiger partial charge is 0.0991 e. The van der Waals surface area contributed by atoms with E-state index in [2.05, 4.69) is 40.8 Å². The summed E-state index contributed by atoms with van der Waals surface area (Å²) in [6.45, 7) is 6.05. The van der Waals surface area contributed by atoms with Crippen LogP contribution in [0.5, 0.6) is 0 Å². The van der Waals surface area contributed by atoms with Gasteiger partial charge < -0.3 is 5.32 Å². The molecule has 0 aliphatic rings. The Hall–Kier alpha value is -3.97. The fourth-order valence-corrected chi connectivity index (χ4v) is 4.75. The van der Waals surface area contributed by atoms with Crippen LogP contribution in [0.1, 0.15) is 55.0 Å². The summed E-state index contributed by atoms with van der Waals surface area (Å²) in [6, 6.07) is 28.2. The number of nitriles is 2. The van der Waals surface area contributed by atoms with Crippen LogP contribution in [0, 0.1) is 28.1 Å². The second-order valence-corrected chi connectivity index (χ2v) is 10.3. The van der Waals surface area contributed by atoms with E-state index in [9.17, 15) is 10.5 Å². The molecule has 1 aromatic heterocycles. The van der Waals surface area contributed by atoms with Gasteiger partial charge in [-0.05, 0) is 80.3 Å². The molecule has 0 radical (unpaired) electrons. The fraction of sp³-hybridized carbons (Fsp3) is 0.267. The van der Waals surface area contributed by atoms with Crippen molar-refractivity contribution in [1.82, 2.24) is 20.3 Å². The number of benzene rings is 3. The van der Waals surface area contributed by atoms with Gasteiger partial charge in [0.05, 0.1) is 47.2 Å². The van der Waals surface area contributed by atoms with E-state index in [0.29, 0.717) is 10.6 Å². The van der Waals surface area contributed by atoms with Crippen molar-refractivity contribution < 1.29 is 0 Å². The molecule has 4 aromatic rings. The molecule has 0 aliphatic carbocycles. The maximum atomic E-state index is 10.1. The number of aromatic nitrogens is 3. The molecule has 0 saturated carbocycles. The van der Waals surface area contributed by atoms with E-state index < -0.39 is 5.41 Å². The molecular formula is C30H29ClN6. The van der Waals surface area contributed by atoms with Gasteiger partial charge >= 0.3 is 0 Å². The standard InChI is InChI=1S/C30H29ClN6/c1-21(28(18-22-7-11-26(31)12-8-22)25-6-4-5-23(17-25)19-32)35-29(30(2,3)20-33)24-9-13-27(14-10-24)37-16-15-34-36-37/h4-17,21,28-29,35H,18H2,1-3H3/t21?,28?,29-/m0/s1. The first kappa shape index (κ1) is 26.1. The molecule has 0 bridgehead atoms. The summed E-state index contributed by atoms with van der Waals surface area (Å²) in [5.74, 6) is 0.0564. The Bertz CT molecular complexity index is 1400. The van der Waals surface area contributed by atoms with Crippen molar-refractivity contribution in [2.75, 3.05) is 0 Å². The molecule has 4 rings (SSSR count). The minimum Gasteiger partial charge on any atom is -0.305 e. The summed E-state index contributed by atoms with van der Waals surface area (Å²) in [6.07, 6.45) is 4.19. The molecule has 0 amide bonds. The zero-order valence-electron chi connectivity index (χ0n) is 21.1. The molecule has 37 heavy (non-hydrogen) atoms. The van der Waals surface area contributed by atoms with Gasteiger partial charge in [-0.3, -0.25) is 0 Å². The molecule has 0 saturated heterocycles. The molecule has 6 nitrogen and oxygen atoms in total. The number of rotatable bonds is 9. The highest BCUT2D eigenvalue weighted by molar-refractivity contribution is 6.30. The van der Waals surface area contributed by atoms with Crippen molar-refractivity contribution >= 4 is 11.6 Å². The lowest BCUT2D eigenvalue weighted by molar-refractivity contribution is 0.281. The van der Waals surface area contributed by atoms with Crippen LogP contribution >= 0.6 is 11.6 Å². The average Bonchev–Trinajstić information content (AvgIpc) is 3.46. The lowest BCUT2D eigenvalue weighted by Gasteiger charge is -2.36. The monoisotopic (exact) mass is 508 g/mol. The van der Waals surface area contributed by atoms with Gasteiger partial charge in [0, 0.05) is 17.0 Å². The summed E-state index contributed by atoms with van der Waals surface area (Å²) in [7, 11) is 0. The predicted octanol–water partition coefficient (Wildman–Crippen LogP) is 6.39. The predicted molar refractivity (Wildman–Crippen MR) is 145 cm³/mol. The van der Waals surface area contributed by atoms with E-state index in [1.807, 2.05) is 80.6 Å². The molecule has 0 fully saturated rings. The Kier molecular flexibility index (Phi) is 8.04. The SMILES string of the molecule is CC(N[C@@H](c1ccc(-n2ccnn2)cc1)C(C)(C)C#N)C(Cc1ccc(Cl)cc1)c1cccc(C#N)c1. The number of hydrogen-bond donors (Lipinski definition) is 1. The van der Waals surface area contributed by atoms with Crippen LogP contribution < -0.4 is 5.32 Å². The van der Waals surface area contributed by atoms with E-state index in [4.69, 9.17) is 11.6 Å². The highest BCUT2D eigenvalue weighted by Gasteiger charge is 2.34. The van der Waals surface area contributed by atoms with E-state index in [1.54, 1.807) is 17.1 Å². The lowest BCUT2D eigenvalue weighted by Crippen LogP contribution is -2.42. The molecule has 1 N–H and O–H groups in total. The van der Waals surface area contributed by atoms with Gasteiger partial charge in [0.2, 0.25) is 0 Å². The second kappa shape index (κ2) is 11.4. The van der Waals surface area contributed by atoms with Crippen LogP contribution in [0.3, 0.4) is 0 Å². The van der Waals surface area contributed by atoms with Crippen molar-refractivity contribution in [1.29, 1.82) is 10.5 Å². The summed E-state index contributed by atoms with van der Waals surface area (Å²) >= 11 is 6.13. The maximum Gasteiger partial charge on any atom is 0.0991 e. The summed E-state index contributed by atoms with van der Waals surface area (Å²) in [5.41, 5.74) is 4.09. The molecule has 1 heterocycles. The summed E-state index contributed by atoms with van der Waals surface area (Å²) in [5, 5.41) is 32.0. The Balaban J connectivity index is 1.67. The van der Waals surface area contributed by atoms with Crippen LogP contribution in [0.15, 0.2) is 85.2 Å². The van der Waals surface area contributed by atoms with Crippen molar-refractivity contribution in [2.45, 2.75) is 45.2 Å². The Morgan fingerprint density at radius 3 is 2.35 bits per heavy atom. The van der Waals surface area contributed by atoms with Crippen LogP contribution in [0.2, 0.25) is 5.02 Å². The van der Waals surface area contributed by atoms with Gasteiger partial charge in [0.25, 0.3) is 0 Å². The van der Waals surface area contributed by atoms with Gasteiger partial charge in [-0.1, -0.05) is 53.2 Å². The molecule has 7 heteroatoms. The third kappa shape index (κ3) is 6.24. The highest BCUT2D eigenvalue weighted by Crippen LogP contribution is 2.36. The quantitative estimate of drug-likeness (QED) is 0.283. The minimum absolute atomic E-state index is 0.0164. The minimum atomic E-state index is -0.678. The Labute approximate surface area is 223 Å². The molecule has 3 aromatic carbocycles. The topological polar surface area (TPSA) is 90.3 Å². The van der Waals surface area contributed by atoms with Gasteiger partial charge in [-0.15, -0.1) is 5.10 Å². The van der Waals surface area contributed by atoms with E-state index in [1.165, 1.54) is 0 Å². The van der Waals surface area contributed by atoms with E-state index in [-0.39, 0.29) is 18.0 Å². The van der Waals surface area contributed by atoms with Crippen LogP contribution in [0.4, 0.5) is 0 Å². The normalized spacial score (nSPS) is 13.8. The number of nitrogens with one attached hydrogen (secondary N) is 1. The van der Waals surface area contributed by atoms with E-state index in [0.717, 1.165) is 28.8 Å². The van der Waals surface area contributed by atoms with Crippen LogP contribution in [-0.2, 0) is 6.42 Å². The van der Waals surface area contributed by atoms with Gasteiger partial charge in [-0.2, -0.15) is 10.5 Å². The third-order valence-corrected chi connectivity index (χ3v) is 7.02. The number of hydrogen-bond acceptors (Lipinski definition) is 5. The van der Waals surface area contributed by atoms with Gasteiger partial charge in [-0.25, -0.2) is 4.68 Å². The first-order valence-electron chi connectivity index (χ1n) is 12.2. The van der Waals surface area contributed by atoms with Crippen LogP contribution in [0.25, 0.3) is 5.69 Å². The Morgan fingerprint density at radius 1 is 1.00 bits per heavy atom. The number of halogens is 1.